The molecule has 0 saturated heterocycles. The number of amides is 1. The summed E-state index contributed by atoms with van der Waals surface area (Å²) in [5.41, 5.74) is -1.01. The second-order valence-electron chi connectivity index (χ2n) is 5.82. The third-order valence-corrected chi connectivity index (χ3v) is 4.42. The van der Waals surface area contributed by atoms with Crippen LogP contribution in [0.5, 0.6) is 0 Å². The molecule has 2 heterocycles. The molecular formula is C15H20N4O3S. The molecule has 1 amide bonds. The molecular weight excluding hydrogens is 316 g/mol. The van der Waals surface area contributed by atoms with Crippen LogP contribution in [0.15, 0.2) is 12.4 Å². The van der Waals surface area contributed by atoms with Crippen LogP contribution in [-0.4, -0.2) is 38.5 Å². The summed E-state index contributed by atoms with van der Waals surface area (Å²) in [5.74, 6) is -0.886. The van der Waals surface area contributed by atoms with Gasteiger partial charge in [0.1, 0.15) is 28.6 Å². The molecule has 8 heteroatoms. The number of rotatable bonds is 6. The van der Waals surface area contributed by atoms with Gasteiger partial charge in [-0.2, -0.15) is 0 Å². The van der Waals surface area contributed by atoms with Crippen LogP contribution in [0.3, 0.4) is 0 Å². The molecule has 0 aliphatic carbocycles. The predicted molar refractivity (Wildman–Crippen MR) is 89.7 cm³/mol. The van der Waals surface area contributed by atoms with Crippen molar-refractivity contribution >= 4 is 39.2 Å². The molecule has 1 unspecified atom stereocenters. The van der Waals surface area contributed by atoms with Gasteiger partial charge >= 0.3 is 5.97 Å². The summed E-state index contributed by atoms with van der Waals surface area (Å²) < 4.78 is 0. The second-order valence-corrected chi connectivity index (χ2v) is 7.06. The minimum absolute atomic E-state index is 0.318. The van der Waals surface area contributed by atoms with E-state index in [0.29, 0.717) is 12.2 Å². The van der Waals surface area contributed by atoms with Gasteiger partial charge in [0.15, 0.2) is 0 Å². The monoisotopic (exact) mass is 336 g/mol. The van der Waals surface area contributed by atoms with E-state index in [9.17, 15) is 9.59 Å². The number of hydrogen-bond donors (Lipinski definition) is 3. The van der Waals surface area contributed by atoms with Gasteiger partial charge in [0.25, 0.3) is 0 Å². The van der Waals surface area contributed by atoms with Crippen molar-refractivity contribution in [2.75, 3.05) is 5.32 Å². The number of nitrogens with one attached hydrogen (secondary N) is 2. The molecule has 124 valence electrons. The van der Waals surface area contributed by atoms with Crippen molar-refractivity contribution in [2.45, 2.75) is 45.7 Å². The van der Waals surface area contributed by atoms with E-state index < -0.39 is 23.5 Å². The third-order valence-electron chi connectivity index (χ3n) is 3.46. The van der Waals surface area contributed by atoms with Gasteiger partial charge in [-0.15, -0.1) is 11.3 Å². The minimum Gasteiger partial charge on any atom is -0.480 e. The Bertz CT molecular complexity index is 741. The number of fused-ring (bicyclic) bond motifs is 1. The lowest BCUT2D eigenvalue weighted by molar-refractivity contribution is -0.142. The van der Waals surface area contributed by atoms with Gasteiger partial charge in [-0.1, -0.05) is 6.92 Å². The molecule has 2 rings (SSSR count). The van der Waals surface area contributed by atoms with Crippen LogP contribution in [0.2, 0.25) is 0 Å². The lowest BCUT2D eigenvalue weighted by Gasteiger charge is -2.27. The summed E-state index contributed by atoms with van der Waals surface area (Å²) in [6.45, 7) is 7.06. The highest BCUT2D eigenvalue weighted by molar-refractivity contribution is 7.18. The fourth-order valence-electron chi connectivity index (χ4n) is 2.11. The third kappa shape index (κ3) is 3.76. The molecule has 2 aromatic heterocycles. The number of carbonyl (C=O) groups is 2. The first-order valence-electron chi connectivity index (χ1n) is 7.27. The molecule has 3 N–H and O–H groups in total. The van der Waals surface area contributed by atoms with Crippen LogP contribution in [0.1, 0.15) is 32.1 Å². The SMILES string of the molecule is CCC(NC(=O)C(C)(C)Nc1ncnc2sc(C)cc12)C(=O)O. The van der Waals surface area contributed by atoms with Gasteiger partial charge in [0.05, 0.1) is 5.39 Å². The van der Waals surface area contributed by atoms with Gasteiger partial charge in [-0.25, -0.2) is 14.8 Å². The van der Waals surface area contributed by atoms with E-state index in [2.05, 4.69) is 20.6 Å². The summed E-state index contributed by atoms with van der Waals surface area (Å²) in [6, 6.07) is 1.06. The highest BCUT2D eigenvalue weighted by atomic mass is 32.1. The Hall–Kier alpha value is -2.22. The van der Waals surface area contributed by atoms with E-state index >= 15 is 0 Å². The Morgan fingerprint density at radius 3 is 2.70 bits per heavy atom. The van der Waals surface area contributed by atoms with Crippen molar-refractivity contribution in [2.24, 2.45) is 0 Å². The normalized spacial score (nSPS) is 12.9. The standard InChI is InChI=1S/C15H20N4O3S/c1-5-10(13(20)21)18-14(22)15(3,4)19-11-9-6-8(2)23-12(9)17-7-16-11/h6-7,10H,5H2,1-4H3,(H,18,22)(H,20,21)(H,16,17,19). The number of carboxylic acid groups (broad SMARTS) is 1. The van der Waals surface area contributed by atoms with E-state index in [1.807, 2.05) is 13.0 Å². The molecule has 0 aromatic carbocycles. The number of hydrogen-bond acceptors (Lipinski definition) is 6. The number of aromatic nitrogens is 2. The Morgan fingerprint density at radius 1 is 1.39 bits per heavy atom. The average Bonchev–Trinajstić information content (AvgIpc) is 2.85. The first-order valence-corrected chi connectivity index (χ1v) is 8.09. The van der Waals surface area contributed by atoms with Crippen LogP contribution < -0.4 is 10.6 Å². The summed E-state index contributed by atoms with van der Waals surface area (Å²) >= 11 is 1.55. The zero-order valence-electron chi connectivity index (χ0n) is 13.5. The molecule has 0 aliphatic heterocycles. The average molecular weight is 336 g/mol. The van der Waals surface area contributed by atoms with Crippen molar-refractivity contribution in [1.82, 2.24) is 15.3 Å². The molecule has 0 bridgehead atoms. The van der Waals surface area contributed by atoms with Crippen LogP contribution in [0.4, 0.5) is 5.82 Å². The quantitative estimate of drug-likeness (QED) is 0.747. The van der Waals surface area contributed by atoms with Crippen molar-refractivity contribution in [1.29, 1.82) is 0 Å². The zero-order valence-corrected chi connectivity index (χ0v) is 14.3. The Kier molecular flexibility index (Phi) is 4.84. The van der Waals surface area contributed by atoms with Crippen molar-refractivity contribution in [3.8, 4) is 0 Å². The fraction of sp³-hybridized carbons (Fsp3) is 0.467. The number of nitrogens with zero attached hydrogens (tertiary/aromatic N) is 2. The summed E-state index contributed by atoms with van der Waals surface area (Å²) in [7, 11) is 0. The zero-order chi connectivity index (χ0) is 17.2. The maximum atomic E-state index is 12.4. The lowest BCUT2D eigenvalue weighted by atomic mass is 10.0. The Labute approximate surface area is 138 Å². The molecule has 7 nitrogen and oxygen atoms in total. The van der Waals surface area contributed by atoms with Gasteiger partial charge in [-0.3, -0.25) is 4.79 Å². The first kappa shape index (κ1) is 17.1. The van der Waals surface area contributed by atoms with Crippen molar-refractivity contribution in [3.05, 3.63) is 17.3 Å². The van der Waals surface area contributed by atoms with E-state index in [1.54, 1.807) is 32.1 Å². The number of anilines is 1. The number of thiophene rings is 1. The number of carboxylic acids is 1. The minimum atomic E-state index is -1.05. The van der Waals surface area contributed by atoms with E-state index in [0.717, 1.165) is 15.1 Å². The molecule has 0 radical (unpaired) electrons. The molecule has 0 saturated carbocycles. The first-order chi connectivity index (χ1) is 10.7. The van der Waals surface area contributed by atoms with Crippen LogP contribution in [0.25, 0.3) is 10.2 Å². The maximum Gasteiger partial charge on any atom is 0.326 e. The van der Waals surface area contributed by atoms with E-state index in [-0.39, 0.29) is 0 Å². The highest BCUT2D eigenvalue weighted by Gasteiger charge is 2.31. The van der Waals surface area contributed by atoms with Gasteiger partial charge in [-0.05, 0) is 33.3 Å². The molecule has 0 fully saturated rings. The van der Waals surface area contributed by atoms with Crippen LogP contribution in [0, 0.1) is 6.92 Å². The topological polar surface area (TPSA) is 104 Å². The van der Waals surface area contributed by atoms with Crippen LogP contribution >= 0.6 is 11.3 Å². The largest absolute Gasteiger partial charge is 0.480 e. The molecule has 1 atom stereocenters. The van der Waals surface area contributed by atoms with E-state index in [4.69, 9.17) is 5.11 Å². The summed E-state index contributed by atoms with van der Waals surface area (Å²) in [5, 5.41) is 15.5. The van der Waals surface area contributed by atoms with Crippen molar-refractivity contribution < 1.29 is 14.7 Å². The summed E-state index contributed by atoms with van der Waals surface area (Å²) in [6.07, 6.45) is 1.76. The molecule has 2 aromatic rings. The smallest absolute Gasteiger partial charge is 0.326 e. The Morgan fingerprint density at radius 2 is 2.09 bits per heavy atom. The van der Waals surface area contributed by atoms with Gasteiger partial charge in [0, 0.05) is 4.88 Å². The Balaban J connectivity index is 2.22. The number of aryl methyl sites for hydroxylation is 1. The number of carbonyl (C=O) groups excluding carboxylic acids is 1. The predicted octanol–water partition coefficient (Wildman–Crippen LogP) is 2.17. The maximum absolute atomic E-state index is 12.4. The van der Waals surface area contributed by atoms with Gasteiger partial charge in [0.2, 0.25) is 5.91 Å². The summed E-state index contributed by atoms with van der Waals surface area (Å²) in [4.78, 5) is 33.8. The molecule has 23 heavy (non-hydrogen) atoms. The molecule has 0 spiro atoms. The fourth-order valence-corrected chi connectivity index (χ4v) is 2.95. The number of aliphatic carboxylic acids is 1. The van der Waals surface area contributed by atoms with Crippen LogP contribution in [-0.2, 0) is 9.59 Å². The molecule has 0 aliphatic rings. The van der Waals surface area contributed by atoms with Crippen molar-refractivity contribution in [3.63, 3.8) is 0 Å². The van der Waals surface area contributed by atoms with E-state index in [1.165, 1.54) is 6.33 Å². The highest BCUT2D eigenvalue weighted by Crippen LogP contribution is 2.29. The second kappa shape index (κ2) is 6.49. The van der Waals surface area contributed by atoms with Gasteiger partial charge < -0.3 is 15.7 Å². The lowest BCUT2D eigenvalue weighted by Crippen LogP contribution is -2.53.